The molecule has 28 heavy (non-hydrogen) atoms. The number of nitrogens with one attached hydrogen (secondary N) is 1. The van der Waals surface area contributed by atoms with Crippen LogP contribution < -0.4 is 10.1 Å². The molecule has 0 unspecified atom stereocenters. The van der Waals surface area contributed by atoms with E-state index in [9.17, 15) is 4.79 Å². The number of pyridine rings is 1. The summed E-state index contributed by atoms with van der Waals surface area (Å²) in [6.07, 6.45) is 4.90. The lowest BCUT2D eigenvalue weighted by Gasteiger charge is -2.08. The Bertz CT molecular complexity index is 1160. The van der Waals surface area contributed by atoms with Gasteiger partial charge in [0.05, 0.1) is 11.9 Å². The van der Waals surface area contributed by atoms with Gasteiger partial charge in [-0.15, -0.1) is 0 Å². The van der Waals surface area contributed by atoms with Gasteiger partial charge in [0, 0.05) is 24.2 Å². The van der Waals surface area contributed by atoms with Crippen LogP contribution in [0.2, 0.25) is 0 Å². The second-order valence-electron chi connectivity index (χ2n) is 6.39. The number of nitrogens with zero attached hydrogens (tertiary/aromatic N) is 2. The van der Waals surface area contributed by atoms with Gasteiger partial charge in [-0.1, -0.05) is 36.9 Å². The molecule has 0 atom stereocenters. The molecule has 2 aromatic carbocycles. The van der Waals surface area contributed by atoms with Crippen LogP contribution in [0.3, 0.4) is 0 Å². The number of carbonyl (C=O) groups excluding carboxylic acids is 1. The molecule has 0 aliphatic carbocycles. The first-order valence-corrected chi connectivity index (χ1v) is 8.86. The molecule has 0 aliphatic rings. The maximum Gasteiger partial charge on any atom is 0.247 e. The highest BCUT2D eigenvalue weighted by atomic mass is 16.5. The highest BCUT2D eigenvalue weighted by molar-refractivity contribution is 6.01. The summed E-state index contributed by atoms with van der Waals surface area (Å²) in [5, 5.41) is 3.71. The second kappa shape index (κ2) is 7.40. The van der Waals surface area contributed by atoms with Gasteiger partial charge in [0.15, 0.2) is 0 Å². The molecule has 0 fully saturated rings. The predicted molar refractivity (Wildman–Crippen MR) is 111 cm³/mol. The Hall–Kier alpha value is -3.86. The first-order chi connectivity index (χ1) is 13.6. The molecule has 2 aromatic heterocycles. The summed E-state index contributed by atoms with van der Waals surface area (Å²) in [4.78, 5) is 16.1. The van der Waals surface area contributed by atoms with Crippen LogP contribution in [0.4, 0.5) is 5.69 Å². The van der Waals surface area contributed by atoms with Crippen LogP contribution in [0.5, 0.6) is 11.5 Å². The summed E-state index contributed by atoms with van der Waals surface area (Å²) >= 11 is 0. The van der Waals surface area contributed by atoms with Crippen molar-refractivity contribution in [1.82, 2.24) is 9.55 Å². The van der Waals surface area contributed by atoms with E-state index in [2.05, 4.69) is 16.9 Å². The summed E-state index contributed by atoms with van der Waals surface area (Å²) in [5.74, 6) is 1.27. The molecule has 1 amide bonds. The van der Waals surface area contributed by atoms with Crippen LogP contribution in [0, 0.1) is 0 Å². The number of benzene rings is 2. The van der Waals surface area contributed by atoms with E-state index in [4.69, 9.17) is 4.74 Å². The van der Waals surface area contributed by atoms with Gasteiger partial charge in [-0.3, -0.25) is 4.79 Å². The van der Waals surface area contributed by atoms with Crippen molar-refractivity contribution in [3.63, 3.8) is 0 Å². The number of amides is 1. The quantitative estimate of drug-likeness (QED) is 0.495. The largest absolute Gasteiger partial charge is 0.457 e. The number of hydrogen-bond donors (Lipinski definition) is 1. The molecular formula is C23H19N3O2. The SMILES string of the molecule is C=CC(=O)Nc1cnc2c(c1)c(-c1cccc(Oc3ccccc3)c1)cn2C. The first-order valence-electron chi connectivity index (χ1n) is 8.86. The van der Waals surface area contributed by atoms with Gasteiger partial charge < -0.3 is 14.6 Å². The van der Waals surface area contributed by atoms with Crippen LogP contribution >= 0.6 is 0 Å². The fraction of sp³-hybridized carbons (Fsp3) is 0.0435. The van der Waals surface area contributed by atoms with Crippen molar-refractivity contribution < 1.29 is 9.53 Å². The molecule has 5 heteroatoms. The molecule has 2 heterocycles. The van der Waals surface area contributed by atoms with E-state index in [1.165, 1.54) is 6.08 Å². The Morgan fingerprint density at radius 1 is 1.11 bits per heavy atom. The average molecular weight is 369 g/mol. The lowest BCUT2D eigenvalue weighted by molar-refractivity contribution is -0.111. The lowest BCUT2D eigenvalue weighted by Crippen LogP contribution is -2.07. The highest BCUT2D eigenvalue weighted by Crippen LogP contribution is 2.33. The summed E-state index contributed by atoms with van der Waals surface area (Å²) in [6, 6.07) is 19.5. The van der Waals surface area contributed by atoms with Crippen LogP contribution in [-0.2, 0) is 11.8 Å². The van der Waals surface area contributed by atoms with Gasteiger partial charge in [-0.05, 0) is 42.0 Å². The number of aromatic nitrogens is 2. The number of ether oxygens (including phenoxy) is 1. The van der Waals surface area contributed by atoms with E-state index in [0.717, 1.165) is 33.7 Å². The average Bonchev–Trinajstić information content (AvgIpc) is 3.05. The second-order valence-corrected chi connectivity index (χ2v) is 6.39. The predicted octanol–water partition coefficient (Wildman–Crippen LogP) is 5.16. The number of hydrogen-bond acceptors (Lipinski definition) is 3. The van der Waals surface area contributed by atoms with Crippen LogP contribution in [0.25, 0.3) is 22.2 Å². The minimum absolute atomic E-state index is 0.267. The first kappa shape index (κ1) is 17.5. The van der Waals surface area contributed by atoms with Crippen molar-refractivity contribution in [2.45, 2.75) is 0 Å². The topological polar surface area (TPSA) is 56.1 Å². The van der Waals surface area contributed by atoms with E-state index in [0.29, 0.717) is 5.69 Å². The number of anilines is 1. The summed E-state index contributed by atoms with van der Waals surface area (Å²) < 4.78 is 7.93. The van der Waals surface area contributed by atoms with Crippen LogP contribution in [-0.4, -0.2) is 15.5 Å². The molecule has 0 bridgehead atoms. The smallest absolute Gasteiger partial charge is 0.247 e. The molecule has 4 aromatic rings. The summed E-state index contributed by atoms with van der Waals surface area (Å²) in [7, 11) is 1.95. The van der Waals surface area contributed by atoms with E-state index >= 15 is 0 Å². The zero-order chi connectivity index (χ0) is 19.5. The fourth-order valence-corrected chi connectivity index (χ4v) is 3.10. The molecule has 1 N–H and O–H groups in total. The summed E-state index contributed by atoms with van der Waals surface area (Å²) in [6.45, 7) is 3.48. The number of carbonyl (C=O) groups is 1. The zero-order valence-electron chi connectivity index (χ0n) is 15.4. The Morgan fingerprint density at radius 2 is 1.89 bits per heavy atom. The van der Waals surface area contributed by atoms with Gasteiger partial charge in [-0.25, -0.2) is 4.98 Å². The molecular weight excluding hydrogens is 350 g/mol. The third-order valence-electron chi connectivity index (χ3n) is 4.39. The molecule has 5 nitrogen and oxygen atoms in total. The van der Waals surface area contributed by atoms with Crippen LogP contribution in [0.1, 0.15) is 0 Å². The highest BCUT2D eigenvalue weighted by Gasteiger charge is 2.12. The van der Waals surface area contributed by atoms with E-state index < -0.39 is 0 Å². The van der Waals surface area contributed by atoms with Gasteiger partial charge in [0.2, 0.25) is 5.91 Å². The minimum atomic E-state index is -0.267. The zero-order valence-corrected chi connectivity index (χ0v) is 15.4. The maximum absolute atomic E-state index is 11.6. The third kappa shape index (κ3) is 3.50. The van der Waals surface area contributed by atoms with Crippen molar-refractivity contribution >= 4 is 22.6 Å². The van der Waals surface area contributed by atoms with Crippen molar-refractivity contribution in [2.24, 2.45) is 7.05 Å². The fourth-order valence-electron chi connectivity index (χ4n) is 3.10. The lowest BCUT2D eigenvalue weighted by atomic mass is 10.1. The Labute approximate surface area is 162 Å². The molecule has 138 valence electrons. The van der Waals surface area contributed by atoms with Crippen molar-refractivity contribution in [3.8, 4) is 22.6 Å². The van der Waals surface area contributed by atoms with E-state index in [1.807, 2.05) is 78.5 Å². The standard InChI is InChI=1S/C23H19N3O2/c1-3-22(27)25-17-13-20-21(15-26(2)23(20)24-14-17)16-8-7-11-19(12-16)28-18-9-5-4-6-10-18/h3-15H,1H2,2H3,(H,25,27). The number of fused-ring (bicyclic) bond motifs is 1. The van der Waals surface area contributed by atoms with Gasteiger partial charge in [-0.2, -0.15) is 0 Å². The van der Waals surface area contributed by atoms with Gasteiger partial charge in [0.1, 0.15) is 17.1 Å². The monoisotopic (exact) mass is 369 g/mol. The van der Waals surface area contributed by atoms with E-state index in [-0.39, 0.29) is 5.91 Å². The van der Waals surface area contributed by atoms with Crippen molar-refractivity contribution in [2.75, 3.05) is 5.32 Å². The molecule has 0 spiro atoms. The Morgan fingerprint density at radius 3 is 2.68 bits per heavy atom. The van der Waals surface area contributed by atoms with Crippen molar-refractivity contribution in [3.05, 3.63) is 85.7 Å². The molecule has 4 rings (SSSR count). The molecule has 0 saturated heterocycles. The Balaban J connectivity index is 1.74. The number of aryl methyl sites for hydroxylation is 1. The van der Waals surface area contributed by atoms with Gasteiger partial charge >= 0.3 is 0 Å². The maximum atomic E-state index is 11.6. The number of rotatable bonds is 5. The minimum Gasteiger partial charge on any atom is -0.457 e. The van der Waals surface area contributed by atoms with E-state index in [1.54, 1.807) is 6.20 Å². The third-order valence-corrected chi connectivity index (χ3v) is 4.39. The van der Waals surface area contributed by atoms with Gasteiger partial charge in [0.25, 0.3) is 0 Å². The number of para-hydroxylation sites is 1. The van der Waals surface area contributed by atoms with Crippen molar-refractivity contribution in [1.29, 1.82) is 0 Å². The molecule has 0 aliphatic heterocycles. The Kier molecular flexibility index (Phi) is 4.64. The molecule has 0 saturated carbocycles. The molecule has 0 radical (unpaired) electrons. The van der Waals surface area contributed by atoms with Crippen LogP contribution in [0.15, 0.2) is 85.7 Å². The summed E-state index contributed by atoms with van der Waals surface area (Å²) in [5.41, 5.74) is 3.48. The normalized spacial score (nSPS) is 10.6.